The van der Waals surface area contributed by atoms with Gasteiger partial charge in [0.2, 0.25) is 6.79 Å². The molecule has 1 heterocycles. The van der Waals surface area contributed by atoms with Crippen molar-refractivity contribution < 1.29 is 19.4 Å². The van der Waals surface area contributed by atoms with Crippen LogP contribution in [0, 0.1) is 0 Å². The smallest absolute Gasteiger partial charge is 0.304 e. The Labute approximate surface area is 111 Å². The van der Waals surface area contributed by atoms with Crippen LogP contribution < -0.4 is 15.2 Å². The zero-order chi connectivity index (χ0) is 13.7. The molecule has 2 rings (SSSR count). The third-order valence-electron chi connectivity index (χ3n) is 2.93. The maximum Gasteiger partial charge on any atom is 0.304 e. The van der Waals surface area contributed by atoms with Crippen molar-refractivity contribution >= 4 is 5.97 Å². The van der Waals surface area contributed by atoms with Gasteiger partial charge in [-0.25, -0.2) is 0 Å². The lowest BCUT2D eigenvalue weighted by Gasteiger charge is -2.20. The molecule has 6 nitrogen and oxygen atoms in total. The van der Waals surface area contributed by atoms with Gasteiger partial charge in [-0.05, 0) is 17.7 Å². The summed E-state index contributed by atoms with van der Waals surface area (Å²) in [6.07, 6.45) is 0.116. The lowest BCUT2D eigenvalue weighted by Crippen LogP contribution is -2.31. The van der Waals surface area contributed by atoms with Gasteiger partial charge in [-0.3, -0.25) is 9.69 Å². The minimum atomic E-state index is -0.798. The van der Waals surface area contributed by atoms with Crippen molar-refractivity contribution in [1.82, 2.24) is 4.90 Å². The van der Waals surface area contributed by atoms with E-state index in [1.165, 1.54) is 0 Å². The quantitative estimate of drug-likeness (QED) is 0.753. The van der Waals surface area contributed by atoms with Crippen molar-refractivity contribution in [3.63, 3.8) is 0 Å². The van der Waals surface area contributed by atoms with E-state index in [2.05, 4.69) is 0 Å². The van der Waals surface area contributed by atoms with E-state index in [9.17, 15) is 4.79 Å². The number of hydrogen-bond acceptors (Lipinski definition) is 5. The van der Waals surface area contributed by atoms with E-state index >= 15 is 0 Å². The molecule has 1 aliphatic rings. The van der Waals surface area contributed by atoms with Crippen molar-refractivity contribution in [3.05, 3.63) is 23.8 Å². The highest BCUT2D eigenvalue weighted by Gasteiger charge is 2.14. The summed E-state index contributed by atoms with van der Waals surface area (Å²) in [6, 6.07) is 5.75. The topological polar surface area (TPSA) is 85.0 Å². The molecular formula is C13H18N2O4. The van der Waals surface area contributed by atoms with Crippen LogP contribution in [0.15, 0.2) is 18.2 Å². The van der Waals surface area contributed by atoms with E-state index < -0.39 is 5.97 Å². The molecule has 0 atom stereocenters. The fourth-order valence-corrected chi connectivity index (χ4v) is 2.00. The lowest BCUT2D eigenvalue weighted by molar-refractivity contribution is -0.137. The molecule has 0 bridgehead atoms. The zero-order valence-electron chi connectivity index (χ0n) is 10.7. The molecule has 0 amide bonds. The second-order valence-electron chi connectivity index (χ2n) is 4.40. The normalized spacial score (nSPS) is 12.9. The van der Waals surface area contributed by atoms with Crippen LogP contribution in [-0.4, -0.2) is 42.4 Å². The molecule has 1 aromatic rings. The van der Waals surface area contributed by atoms with Gasteiger partial charge in [0.1, 0.15) is 0 Å². The number of carbonyl (C=O) groups is 1. The molecule has 0 aromatic heterocycles. The van der Waals surface area contributed by atoms with Crippen LogP contribution in [0.1, 0.15) is 12.0 Å². The molecule has 104 valence electrons. The highest BCUT2D eigenvalue weighted by atomic mass is 16.7. The first-order valence-electron chi connectivity index (χ1n) is 6.22. The number of aliphatic carboxylic acids is 1. The van der Waals surface area contributed by atoms with Gasteiger partial charge in [-0.15, -0.1) is 0 Å². The molecule has 1 aliphatic heterocycles. The molecule has 0 unspecified atom stereocenters. The Bertz CT molecular complexity index is 450. The third kappa shape index (κ3) is 3.84. The van der Waals surface area contributed by atoms with Crippen molar-refractivity contribution in [2.24, 2.45) is 5.73 Å². The van der Waals surface area contributed by atoms with E-state index in [4.69, 9.17) is 20.3 Å². The fraction of sp³-hybridized carbons (Fsp3) is 0.462. The van der Waals surface area contributed by atoms with E-state index in [0.29, 0.717) is 26.2 Å². The SMILES string of the molecule is NCCN(CCC(=O)O)Cc1ccc2c(c1)OCO2. The number of rotatable bonds is 7. The van der Waals surface area contributed by atoms with Gasteiger partial charge in [-0.1, -0.05) is 6.07 Å². The lowest BCUT2D eigenvalue weighted by atomic mass is 10.2. The average molecular weight is 266 g/mol. The Morgan fingerprint density at radius 2 is 2.11 bits per heavy atom. The second-order valence-corrected chi connectivity index (χ2v) is 4.40. The molecule has 0 saturated carbocycles. The molecule has 0 fully saturated rings. The van der Waals surface area contributed by atoms with Crippen molar-refractivity contribution in [3.8, 4) is 11.5 Å². The Kier molecular flexibility index (Phi) is 4.59. The van der Waals surface area contributed by atoms with Gasteiger partial charge in [0.15, 0.2) is 11.5 Å². The summed E-state index contributed by atoms with van der Waals surface area (Å²) in [7, 11) is 0. The molecular weight excluding hydrogens is 248 g/mol. The third-order valence-corrected chi connectivity index (χ3v) is 2.93. The van der Waals surface area contributed by atoms with E-state index in [1.807, 2.05) is 23.1 Å². The number of benzene rings is 1. The minimum Gasteiger partial charge on any atom is -0.481 e. The maximum absolute atomic E-state index is 10.6. The number of nitrogens with zero attached hydrogens (tertiary/aromatic N) is 1. The molecule has 3 N–H and O–H groups in total. The van der Waals surface area contributed by atoms with Crippen molar-refractivity contribution in [1.29, 1.82) is 0 Å². The Hall–Kier alpha value is -1.79. The summed E-state index contributed by atoms with van der Waals surface area (Å²) in [5.74, 6) is 0.691. The van der Waals surface area contributed by atoms with Crippen LogP contribution in [0.5, 0.6) is 11.5 Å². The predicted octanol–water partition coefficient (Wildman–Crippen LogP) is 0.651. The Morgan fingerprint density at radius 3 is 2.84 bits per heavy atom. The largest absolute Gasteiger partial charge is 0.481 e. The summed E-state index contributed by atoms with van der Waals surface area (Å²) in [4.78, 5) is 12.6. The van der Waals surface area contributed by atoms with Gasteiger partial charge in [0.25, 0.3) is 0 Å². The number of fused-ring (bicyclic) bond motifs is 1. The minimum absolute atomic E-state index is 0.116. The van der Waals surface area contributed by atoms with Crippen LogP contribution in [0.25, 0.3) is 0 Å². The van der Waals surface area contributed by atoms with Gasteiger partial charge < -0.3 is 20.3 Å². The average Bonchev–Trinajstić information content (AvgIpc) is 2.83. The zero-order valence-corrected chi connectivity index (χ0v) is 10.7. The predicted molar refractivity (Wildman–Crippen MR) is 69.1 cm³/mol. The highest BCUT2D eigenvalue weighted by molar-refractivity contribution is 5.66. The van der Waals surface area contributed by atoms with Gasteiger partial charge in [0, 0.05) is 26.2 Å². The van der Waals surface area contributed by atoms with Crippen LogP contribution >= 0.6 is 0 Å². The Balaban J connectivity index is 1.97. The molecule has 0 saturated heterocycles. The highest BCUT2D eigenvalue weighted by Crippen LogP contribution is 2.32. The van der Waals surface area contributed by atoms with E-state index in [-0.39, 0.29) is 13.2 Å². The van der Waals surface area contributed by atoms with Crippen LogP contribution in [-0.2, 0) is 11.3 Å². The summed E-state index contributed by atoms with van der Waals surface area (Å²) in [5.41, 5.74) is 6.60. The maximum atomic E-state index is 10.6. The van der Waals surface area contributed by atoms with Crippen molar-refractivity contribution in [2.45, 2.75) is 13.0 Å². The first-order valence-corrected chi connectivity index (χ1v) is 6.22. The fourth-order valence-electron chi connectivity index (χ4n) is 2.00. The molecule has 0 spiro atoms. The van der Waals surface area contributed by atoms with Gasteiger partial charge in [0.05, 0.1) is 6.42 Å². The van der Waals surface area contributed by atoms with Crippen LogP contribution in [0.3, 0.4) is 0 Å². The first kappa shape index (κ1) is 13.6. The first-order chi connectivity index (χ1) is 9.19. The number of nitrogens with two attached hydrogens (primary N) is 1. The van der Waals surface area contributed by atoms with Crippen LogP contribution in [0.2, 0.25) is 0 Å². The second kappa shape index (κ2) is 6.40. The number of carboxylic acids is 1. The standard InChI is InChI=1S/C13H18N2O4/c14-4-6-15(5-3-13(16)17)8-10-1-2-11-12(7-10)19-9-18-11/h1-2,7H,3-6,8-9,14H2,(H,16,17). The molecule has 1 aromatic carbocycles. The van der Waals surface area contributed by atoms with E-state index in [1.54, 1.807) is 0 Å². The summed E-state index contributed by atoms with van der Waals surface area (Å²) >= 11 is 0. The monoisotopic (exact) mass is 266 g/mol. The number of carboxylic acid groups (broad SMARTS) is 1. The van der Waals surface area contributed by atoms with Gasteiger partial charge >= 0.3 is 5.97 Å². The summed E-state index contributed by atoms with van der Waals surface area (Å²) < 4.78 is 10.6. The number of ether oxygens (including phenoxy) is 2. The summed E-state index contributed by atoms with van der Waals surface area (Å²) in [5, 5.41) is 8.73. The molecule has 0 radical (unpaired) electrons. The molecule has 19 heavy (non-hydrogen) atoms. The molecule has 0 aliphatic carbocycles. The Morgan fingerprint density at radius 1 is 1.32 bits per heavy atom. The van der Waals surface area contributed by atoms with Gasteiger partial charge in [-0.2, -0.15) is 0 Å². The number of hydrogen-bond donors (Lipinski definition) is 2. The van der Waals surface area contributed by atoms with Crippen LogP contribution in [0.4, 0.5) is 0 Å². The summed E-state index contributed by atoms with van der Waals surface area (Å²) in [6.45, 7) is 2.57. The van der Waals surface area contributed by atoms with E-state index in [0.717, 1.165) is 17.1 Å². The molecule has 6 heteroatoms. The van der Waals surface area contributed by atoms with Crippen molar-refractivity contribution in [2.75, 3.05) is 26.4 Å².